The number of amides is 1. The van der Waals surface area contributed by atoms with Gasteiger partial charge in [0, 0.05) is 12.8 Å². The van der Waals surface area contributed by atoms with Crippen molar-refractivity contribution in [2.75, 3.05) is 13.2 Å². The van der Waals surface area contributed by atoms with Crippen LogP contribution in [0.1, 0.15) is 418 Å². The lowest BCUT2D eigenvalue weighted by atomic mass is 10.0. The third-order valence-corrected chi connectivity index (χ3v) is 17.3. The second-order valence-electron chi connectivity index (χ2n) is 25.3. The van der Waals surface area contributed by atoms with Crippen LogP contribution in [0.25, 0.3) is 0 Å². The molecule has 6 heteroatoms. The number of ether oxygens (including phenoxy) is 1. The molecule has 6 nitrogen and oxygen atoms in total. The number of hydrogen-bond donors (Lipinski definition) is 3. The Labute approximate surface area is 495 Å². The van der Waals surface area contributed by atoms with Crippen LogP contribution in [-0.4, -0.2) is 47.4 Å². The first-order chi connectivity index (χ1) is 39.0. The Hall–Kier alpha value is -1.40. The summed E-state index contributed by atoms with van der Waals surface area (Å²) in [5.74, 6) is -0.0382. The molecule has 0 saturated carbocycles. The van der Waals surface area contributed by atoms with Gasteiger partial charge in [0.2, 0.25) is 5.91 Å². The highest BCUT2D eigenvalue weighted by molar-refractivity contribution is 5.76. The minimum absolute atomic E-state index is 0.0210. The van der Waals surface area contributed by atoms with Crippen LogP contribution in [0.15, 0.2) is 12.2 Å². The summed E-state index contributed by atoms with van der Waals surface area (Å²) in [5, 5.41) is 23.3. The summed E-state index contributed by atoms with van der Waals surface area (Å²) in [6.07, 6.45) is 85.9. The normalized spacial score (nSPS) is 12.5. The van der Waals surface area contributed by atoms with Crippen LogP contribution in [-0.2, 0) is 14.3 Å². The van der Waals surface area contributed by atoms with E-state index in [1.54, 1.807) is 6.08 Å². The van der Waals surface area contributed by atoms with Gasteiger partial charge < -0.3 is 20.3 Å². The standard InChI is InChI=1S/C73H143NO5/c1-3-5-7-9-11-13-15-16-17-18-19-33-36-39-42-46-49-53-57-61-65-71(76)70(69-75)74-72(77)66-62-58-54-50-47-43-40-37-34-31-29-27-25-23-21-20-22-24-26-28-30-32-35-38-41-44-48-52-56-60-64-68-79-73(78)67-63-59-55-51-45-14-12-10-8-6-4-2/h61,65,70-71,75-76H,3-60,62-64,66-69H2,1-2H3,(H,74,77)/b65-61+. The molecule has 0 aliphatic rings. The lowest BCUT2D eigenvalue weighted by Gasteiger charge is -2.20. The number of carbonyl (C=O) groups excluding carboxylic acids is 2. The molecule has 0 aromatic rings. The van der Waals surface area contributed by atoms with Gasteiger partial charge in [-0.2, -0.15) is 0 Å². The Morgan fingerprint density at radius 2 is 0.582 bits per heavy atom. The van der Waals surface area contributed by atoms with Crippen LogP contribution in [0.5, 0.6) is 0 Å². The van der Waals surface area contributed by atoms with Gasteiger partial charge in [-0.3, -0.25) is 9.59 Å². The van der Waals surface area contributed by atoms with E-state index in [9.17, 15) is 19.8 Å². The zero-order valence-corrected chi connectivity index (χ0v) is 53.9. The van der Waals surface area contributed by atoms with Gasteiger partial charge in [0.05, 0.1) is 25.4 Å². The molecule has 0 rings (SSSR count). The minimum Gasteiger partial charge on any atom is -0.466 e. The Balaban J connectivity index is 3.35. The molecular formula is C73H143NO5. The fourth-order valence-electron chi connectivity index (χ4n) is 11.8. The van der Waals surface area contributed by atoms with E-state index in [4.69, 9.17) is 4.74 Å². The van der Waals surface area contributed by atoms with Crippen molar-refractivity contribution in [2.24, 2.45) is 0 Å². The third-order valence-electron chi connectivity index (χ3n) is 17.3. The largest absolute Gasteiger partial charge is 0.466 e. The fourth-order valence-corrected chi connectivity index (χ4v) is 11.8. The number of esters is 1. The minimum atomic E-state index is -0.841. The molecule has 0 fully saturated rings. The zero-order valence-electron chi connectivity index (χ0n) is 53.9. The molecule has 2 atom stereocenters. The molecule has 470 valence electrons. The Bertz CT molecular complexity index is 1190. The molecule has 0 saturated heterocycles. The highest BCUT2D eigenvalue weighted by Gasteiger charge is 2.18. The van der Waals surface area contributed by atoms with Crippen molar-refractivity contribution in [2.45, 2.75) is 431 Å². The van der Waals surface area contributed by atoms with Crippen molar-refractivity contribution >= 4 is 11.9 Å². The van der Waals surface area contributed by atoms with Crippen LogP contribution in [0.4, 0.5) is 0 Å². The molecule has 2 unspecified atom stereocenters. The van der Waals surface area contributed by atoms with Crippen LogP contribution < -0.4 is 5.32 Å². The predicted octanol–water partition coefficient (Wildman–Crippen LogP) is 23.5. The van der Waals surface area contributed by atoms with Gasteiger partial charge >= 0.3 is 5.97 Å². The summed E-state index contributed by atoms with van der Waals surface area (Å²) in [6, 6.07) is -0.624. The fraction of sp³-hybridized carbons (Fsp3) is 0.945. The van der Waals surface area contributed by atoms with E-state index in [0.717, 1.165) is 38.5 Å². The number of hydrogen-bond acceptors (Lipinski definition) is 5. The van der Waals surface area contributed by atoms with Gasteiger partial charge in [-0.15, -0.1) is 0 Å². The molecule has 79 heavy (non-hydrogen) atoms. The maximum Gasteiger partial charge on any atom is 0.305 e. The molecule has 0 spiro atoms. The summed E-state index contributed by atoms with van der Waals surface area (Å²) < 4.78 is 5.48. The molecule has 0 bridgehead atoms. The lowest BCUT2D eigenvalue weighted by Crippen LogP contribution is -2.45. The topological polar surface area (TPSA) is 95.9 Å². The number of carbonyl (C=O) groups is 2. The van der Waals surface area contributed by atoms with E-state index < -0.39 is 12.1 Å². The molecule has 3 N–H and O–H groups in total. The summed E-state index contributed by atoms with van der Waals surface area (Å²) >= 11 is 0. The number of aliphatic hydroxyl groups is 2. The van der Waals surface area contributed by atoms with Gasteiger partial charge in [0.1, 0.15) is 0 Å². The van der Waals surface area contributed by atoms with E-state index in [1.165, 1.54) is 353 Å². The van der Waals surface area contributed by atoms with Gasteiger partial charge in [-0.1, -0.05) is 386 Å². The smallest absolute Gasteiger partial charge is 0.305 e. The maximum absolute atomic E-state index is 12.5. The average molecular weight is 1110 g/mol. The van der Waals surface area contributed by atoms with Gasteiger partial charge in [0.15, 0.2) is 0 Å². The van der Waals surface area contributed by atoms with Gasteiger partial charge in [-0.05, 0) is 32.1 Å². The van der Waals surface area contributed by atoms with Gasteiger partial charge in [0.25, 0.3) is 0 Å². The molecule has 0 radical (unpaired) electrons. The maximum atomic E-state index is 12.5. The number of allylic oxidation sites excluding steroid dienone is 1. The first-order valence-electron chi connectivity index (χ1n) is 36.5. The Morgan fingerprint density at radius 3 is 0.861 bits per heavy atom. The van der Waals surface area contributed by atoms with Crippen LogP contribution in [0.3, 0.4) is 0 Å². The quantitative estimate of drug-likeness (QED) is 0.0320. The second kappa shape index (κ2) is 69.1. The Morgan fingerprint density at radius 1 is 0.342 bits per heavy atom. The Kier molecular flexibility index (Phi) is 67.9. The summed E-state index contributed by atoms with van der Waals surface area (Å²) in [4.78, 5) is 24.5. The summed E-state index contributed by atoms with van der Waals surface area (Å²) in [5.41, 5.74) is 0. The first-order valence-corrected chi connectivity index (χ1v) is 36.5. The van der Waals surface area contributed by atoms with Crippen molar-refractivity contribution in [1.82, 2.24) is 5.32 Å². The van der Waals surface area contributed by atoms with E-state index in [1.807, 2.05) is 6.08 Å². The summed E-state index contributed by atoms with van der Waals surface area (Å²) in [7, 11) is 0. The van der Waals surface area contributed by atoms with Crippen molar-refractivity contribution in [3.05, 3.63) is 12.2 Å². The summed E-state index contributed by atoms with van der Waals surface area (Å²) in [6.45, 7) is 4.95. The van der Waals surface area contributed by atoms with Gasteiger partial charge in [-0.25, -0.2) is 0 Å². The molecule has 0 aliphatic heterocycles. The van der Waals surface area contributed by atoms with E-state index in [-0.39, 0.29) is 18.5 Å². The molecule has 0 heterocycles. The van der Waals surface area contributed by atoms with E-state index in [0.29, 0.717) is 19.4 Å². The monoisotopic (exact) mass is 1110 g/mol. The van der Waals surface area contributed by atoms with Crippen molar-refractivity contribution in [3.8, 4) is 0 Å². The van der Waals surface area contributed by atoms with E-state index >= 15 is 0 Å². The van der Waals surface area contributed by atoms with E-state index in [2.05, 4.69) is 19.2 Å². The molecule has 1 amide bonds. The third kappa shape index (κ3) is 65.6. The molecule has 0 aromatic carbocycles. The second-order valence-corrected chi connectivity index (χ2v) is 25.3. The number of aliphatic hydroxyl groups excluding tert-OH is 2. The SMILES string of the molecule is CCCCCCCCCCCCCCCCCCCC/C=C/C(O)C(CO)NC(=O)CCCCCCCCCCCCCCCCCCCCCCCCCCCCCCCCCOC(=O)CCCCCCCCCCCCC. The predicted molar refractivity (Wildman–Crippen MR) is 347 cm³/mol. The number of rotatable bonds is 69. The zero-order chi connectivity index (χ0) is 57.1. The van der Waals surface area contributed by atoms with Crippen LogP contribution >= 0.6 is 0 Å². The van der Waals surface area contributed by atoms with Crippen LogP contribution in [0, 0.1) is 0 Å². The lowest BCUT2D eigenvalue weighted by molar-refractivity contribution is -0.143. The average Bonchev–Trinajstić information content (AvgIpc) is 3.45. The highest BCUT2D eigenvalue weighted by Crippen LogP contribution is 2.19. The highest BCUT2D eigenvalue weighted by atomic mass is 16.5. The molecule has 0 aliphatic carbocycles. The van der Waals surface area contributed by atoms with Crippen molar-refractivity contribution in [3.63, 3.8) is 0 Å². The van der Waals surface area contributed by atoms with Crippen molar-refractivity contribution < 1.29 is 24.5 Å². The van der Waals surface area contributed by atoms with Crippen molar-refractivity contribution in [1.29, 1.82) is 0 Å². The first kappa shape index (κ1) is 77.6. The number of nitrogens with one attached hydrogen (secondary N) is 1. The molecular weight excluding hydrogens is 971 g/mol. The van der Waals surface area contributed by atoms with Crippen LogP contribution in [0.2, 0.25) is 0 Å². The molecule has 0 aromatic heterocycles. The number of unbranched alkanes of at least 4 members (excludes halogenated alkanes) is 58.